The average molecular weight is 432 g/mol. The number of amides is 1. The van der Waals surface area contributed by atoms with Crippen LogP contribution in [0.25, 0.3) is 6.08 Å². The summed E-state index contributed by atoms with van der Waals surface area (Å²) < 4.78 is 11.8. The number of hydrogen-bond acceptors (Lipinski definition) is 5. The predicted molar refractivity (Wildman–Crippen MR) is 120 cm³/mol. The van der Waals surface area contributed by atoms with Crippen LogP contribution in [0, 0.1) is 0 Å². The second-order valence-electron chi connectivity index (χ2n) is 5.72. The number of rotatable bonds is 7. The third-order valence-corrected chi connectivity index (χ3v) is 5.37. The van der Waals surface area contributed by atoms with Gasteiger partial charge in [-0.25, -0.2) is 0 Å². The Morgan fingerprint density at radius 2 is 2.00 bits per heavy atom. The number of para-hydroxylation sites is 1. The van der Waals surface area contributed by atoms with E-state index in [-0.39, 0.29) is 5.91 Å². The van der Waals surface area contributed by atoms with Crippen LogP contribution >= 0.6 is 35.6 Å². The summed E-state index contributed by atoms with van der Waals surface area (Å²) in [6, 6.07) is 12.9. The Morgan fingerprint density at radius 1 is 1.25 bits per heavy atom. The largest absolute Gasteiger partial charge is 0.490 e. The highest BCUT2D eigenvalue weighted by atomic mass is 35.5. The van der Waals surface area contributed by atoms with Gasteiger partial charge in [-0.3, -0.25) is 9.69 Å². The van der Waals surface area contributed by atoms with E-state index in [1.807, 2.05) is 37.3 Å². The van der Waals surface area contributed by atoms with Crippen molar-refractivity contribution in [3.05, 3.63) is 70.6 Å². The first kappa shape index (κ1) is 20.5. The monoisotopic (exact) mass is 431 g/mol. The molecule has 28 heavy (non-hydrogen) atoms. The third kappa shape index (κ3) is 4.41. The van der Waals surface area contributed by atoms with Gasteiger partial charge in [-0.2, -0.15) is 0 Å². The molecule has 7 heteroatoms. The molecule has 1 saturated heterocycles. The van der Waals surface area contributed by atoms with Crippen LogP contribution in [-0.2, 0) is 4.79 Å². The van der Waals surface area contributed by atoms with Gasteiger partial charge in [0.2, 0.25) is 0 Å². The summed E-state index contributed by atoms with van der Waals surface area (Å²) in [7, 11) is 0. The Bertz CT molecular complexity index is 944. The van der Waals surface area contributed by atoms with E-state index in [9.17, 15) is 4.79 Å². The van der Waals surface area contributed by atoms with Crippen LogP contribution in [0.1, 0.15) is 12.5 Å². The molecule has 0 aliphatic carbocycles. The predicted octanol–water partition coefficient (Wildman–Crippen LogP) is 5.71. The molecule has 1 amide bonds. The molecule has 4 nitrogen and oxygen atoms in total. The van der Waals surface area contributed by atoms with Crippen molar-refractivity contribution < 1.29 is 14.3 Å². The van der Waals surface area contributed by atoms with Gasteiger partial charge in [-0.15, -0.1) is 0 Å². The molecule has 1 fully saturated rings. The summed E-state index contributed by atoms with van der Waals surface area (Å²) in [5.74, 6) is 0.807. The van der Waals surface area contributed by atoms with E-state index < -0.39 is 0 Å². The first-order valence-corrected chi connectivity index (χ1v) is 10.2. The normalized spacial score (nSPS) is 15.2. The second kappa shape index (κ2) is 9.28. The van der Waals surface area contributed by atoms with Gasteiger partial charge in [-0.1, -0.05) is 66.4 Å². The summed E-state index contributed by atoms with van der Waals surface area (Å²) in [6.45, 7) is 6.29. The van der Waals surface area contributed by atoms with Gasteiger partial charge >= 0.3 is 0 Å². The van der Waals surface area contributed by atoms with Crippen LogP contribution in [0.2, 0.25) is 5.02 Å². The Morgan fingerprint density at radius 3 is 2.68 bits per heavy atom. The zero-order valence-corrected chi connectivity index (χ0v) is 17.6. The van der Waals surface area contributed by atoms with Gasteiger partial charge in [0, 0.05) is 0 Å². The quantitative estimate of drug-likeness (QED) is 0.319. The van der Waals surface area contributed by atoms with E-state index >= 15 is 0 Å². The lowest BCUT2D eigenvalue weighted by atomic mass is 10.1. The standard InChI is InChI=1S/C21H18ClNO3S2/c1-3-10-26-19-16(22)11-14(12-17(19)25-4-2)13-18-20(24)23(21(27)28-18)15-8-6-5-7-9-15/h3,5-9,11-13H,1,4,10H2,2H3/b18-13+. The number of halogens is 1. The molecule has 0 atom stereocenters. The van der Waals surface area contributed by atoms with Crippen molar-refractivity contribution in [2.45, 2.75) is 6.92 Å². The first-order chi connectivity index (χ1) is 13.5. The van der Waals surface area contributed by atoms with Crippen LogP contribution in [0.4, 0.5) is 5.69 Å². The zero-order chi connectivity index (χ0) is 20.1. The van der Waals surface area contributed by atoms with Crippen molar-refractivity contribution in [3.63, 3.8) is 0 Å². The van der Waals surface area contributed by atoms with Gasteiger partial charge in [-0.05, 0) is 42.8 Å². The number of thiocarbonyl (C=S) groups is 1. The molecule has 0 unspecified atom stereocenters. The molecule has 2 aromatic carbocycles. The van der Waals surface area contributed by atoms with E-state index in [4.69, 9.17) is 33.3 Å². The smallest absolute Gasteiger partial charge is 0.270 e. The molecule has 3 rings (SSSR count). The number of hydrogen-bond donors (Lipinski definition) is 0. The minimum absolute atomic E-state index is 0.165. The van der Waals surface area contributed by atoms with Crippen molar-refractivity contribution >= 4 is 57.6 Å². The Balaban J connectivity index is 1.94. The Kier molecular flexibility index (Phi) is 6.78. The van der Waals surface area contributed by atoms with Crippen molar-refractivity contribution in [3.8, 4) is 11.5 Å². The fraction of sp³-hybridized carbons (Fsp3) is 0.143. The van der Waals surface area contributed by atoms with Crippen molar-refractivity contribution in [1.82, 2.24) is 0 Å². The van der Waals surface area contributed by atoms with Gasteiger partial charge in [0.15, 0.2) is 15.8 Å². The topological polar surface area (TPSA) is 38.8 Å². The van der Waals surface area contributed by atoms with Crippen molar-refractivity contribution in [2.75, 3.05) is 18.1 Å². The SMILES string of the molecule is C=CCOc1c(Cl)cc(/C=C2/SC(=S)N(c3ccccc3)C2=O)cc1OCC. The number of ether oxygens (including phenoxy) is 2. The van der Waals surface area contributed by atoms with Crippen LogP contribution in [0.5, 0.6) is 11.5 Å². The lowest BCUT2D eigenvalue weighted by Crippen LogP contribution is -2.27. The molecule has 144 valence electrons. The van der Waals surface area contributed by atoms with Crippen LogP contribution in [-0.4, -0.2) is 23.4 Å². The number of carbonyl (C=O) groups is 1. The zero-order valence-electron chi connectivity index (χ0n) is 15.2. The van der Waals surface area contributed by atoms with Crippen molar-refractivity contribution in [2.24, 2.45) is 0 Å². The van der Waals surface area contributed by atoms with Gasteiger partial charge in [0.25, 0.3) is 5.91 Å². The fourth-order valence-corrected chi connectivity index (χ4v) is 4.21. The maximum atomic E-state index is 12.9. The lowest BCUT2D eigenvalue weighted by Gasteiger charge is -2.14. The lowest BCUT2D eigenvalue weighted by molar-refractivity contribution is -0.113. The minimum Gasteiger partial charge on any atom is -0.490 e. The molecule has 1 aliphatic heterocycles. The average Bonchev–Trinajstić information content (AvgIpc) is 2.95. The molecular formula is C21H18ClNO3S2. The summed E-state index contributed by atoms with van der Waals surface area (Å²) in [5, 5.41) is 0.401. The van der Waals surface area contributed by atoms with E-state index in [1.165, 1.54) is 16.7 Å². The minimum atomic E-state index is -0.165. The van der Waals surface area contributed by atoms with Crippen LogP contribution in [0.15, 0.2) is 60.0 Å². The molecule has 0 N–H and O–H groups in total. The highest BCUT2D eigenvalue weighted by Gasteiger charge is 2.33. The second-order valence-corrected chi connectivity index (χ2v) is 7.80. The number of nitrogens with zero attached hydrogens (tertiary/aromatic N) is 1. The maximum Gasteiger partial charge on any atom is 0.270 e. The highest BCUT2D eigenvalue weighted by molar-refractivity contribution is 8.27. The van der Waals surface area contributed by atoms with Crippen molar-refractivity contribution in [1.29, 1.82) is 0 Å². The molecule has 0 aromatic heterocycles. The van der Waals surface area contributed by atoms with Gasteiger partial charge < -0.3 is 9.47 Å². The molecule has 2 aromatic rings. The molecular weight excluding hydrogens is 414 g/mol. The molecule has 1 heterocycles. The molecule has 0 saturated carbocycles. The van der Waals surface area contributed by atoms with Crippen LogP contribution in [0.3, 0.4) is 0 Å². The van der Waals surface area contributed by atoms with Gasteiger partial charge in [0.1, 0.15) is 6.61 Å². The highest BCUT2D eigenvalue weighted by Crippen LogP contribution is 2.40. The molecule has 1 aliphatic rings. The number of anilines is 1. The summed E-state index contributed by atoms with van der Waals surface area (Å²) >= 11 is 13.0. The maximum absolute atomic E-state index is 12.9. The molecule has 0 spiro atoms. The summed E-state index contributed by atoms with van der Waals surface area (Å²) in [5.41, 5.74) is 1.47. The van der Waals surface area contributed by atoms with Gasteiger partial charge in [0.05, 0.1) is 22.2 Å². The molecule has 0 radical (unpaired) electrons. The van der Waals surface area contributed by atoms with E-state index in [2.05, 4.69) is 6.58 Å². The fourth-order valence-electron chi connectivity index (χ4n) is 2.64. The number of benzene rings is 2. The van der Waals surface area contributed by atoms with Crippen LogP contribution < -0.4 is 14.4 Å². The summed E-state index contributed by atoms with van der Waals surface area (Å²) in [4.78, 5) is 14.9. The number of thioether (sulfide) groups is 1. The number of carbonyl (C=O) groups excluding carboxylic acids is 1. The molecule has 0 bridgehead atoms. The van der Waals surface area contributed by atoms with E-state index in [0.717, 1.165) is 11.3 Å². The first-order valence-electron chi connectivity index (χ1n) is 8.58. The van der Waals surface area contributed by atoms with E-state index in [1.54, 1.807) is 24.3 Å². The van der Waals surface area contributed by atoms with E-state index in [0.29, 0.717) is 39.0 Å². The summed E-state index contributed by atoms with van der Waals surface area (Å²) in [6.07, 6.45) is 3.39. The Labute approximate surface area is 178 Å². The third-order valence-electron chi connectivity index (χ3n) is 3.78. The Hall–Kier alpha value is -2.28.